The number of amides is 2. The fraction of sp³-hybridized carbons (Fsp3) is 0.357. The number of nitrogens with zero attached hydrogens (tertiary/aromatic N) is 1. The van der Waals surface area contributed by atoms with Crippen molar-refractivity contribution in [3.8, 4) is 0 Å². The second-order valence-electron chi connectivity index (χ2n) is 4.84. The molecule has 2 atom stereocenters. The zero-order valence-electron chi connectivity index (χ0n) is 11.7. The van der Waals surface area contributed by atoms with Crippen LogP contribution in [0.25, 0.3) is 0 Å². The lowest BCUT2D eigenvalue weighted by Crippen LogP contribution is -2.40. The first kappa shape index (κ1) is 15.6. The molecule has 1 heterocycles. The highest BCUT2D eigenvalue weighted by Crippen LogP contribution is 2.22. The zero-order valence-corrected chi connectivity index (χ0v) is 11.7. The van der Waals surface area contributed by atoms with Gasteiger partial charge in [0.15, 0.2) is 0 Å². The van der Waals surface area contributed by atoms with E-state index in [1.54, 1.807) is 24.3 Å². The van der Waals surface area contributed by atoms with Gasteiger partial charge in [-0.15, -0.1) is 0 Å². The number of benzene rings is 1. The topological polar surface area (TPSA) is 119 Å². The third kappa shape index (κ3) is 3.87. The van der Waals surface area contributed by atoms with Crippen molar-refractivity contribution in [1.29, 1.82) is 0 Å². The minimum absolute atomic E-state index is 0.0152. The molecule has 0 aromatic heterocycles. The molecule has 3 N–H and O–H groups in total. The number of hydrogen-bond acceptors (Lipinski definition) is 5. The molecule has 0 spiro atoms. The van der Waals surface area contributed by atoms with Crippen molar-refractivity contribution in [2.45, 2.75) is 25.2 Å². The van der Waals surface area contributed by atoms with Crippen LogP contribution in [0.15, 0.2) is 30.3 Å². The number of carboxylic acid groups (broad SMARTS) is 1. The highest BCUT2D eigenvalue weighted by atomic mass is 16.6. The smallest absolute Gasteiger partial charge is 0.410 e. The van der Waals surface area contributed by atoms with Crippen molar-refractivity contribution in [3.05, 3.63) is 35.9 Å². The monoisotopic (exact) mass is 308 g/mol. The molecule has 1 aliphatic heterocycles. The Balaban J connectivity index is 1.97. The van der Waals surface area contributed by atoms with Gasteiger partial charge in [0.05, 0.1) is 6.54 Å². The molecule has 1 aromatic carbocycles. The average Bonchev–Trinajstić information content (AvgIpc) is 2.89. The molecule has 0 unspecified atom stereocenters. The van der Waals surface area contributed by atoms with E-state index < -0.39 is 30.3 Å². The summed E-state index contributed by atoms with van der Waals surface area (Å²) in [5.41, 5.74) is 5.69. The van der Waals surface area contributed by atoms with Gasteiger partial charge in [0, 0.05) is 6.42 Å². The minimum Gasteiger partial charge on any atom is -0.480 e. The zero-order chi connectivity index (χ0) is 16.1. The van der Waals surface area contributed by atoms with E-state index >= 15 is 0 Å². The van der Waals surface area contributed by atoms with E-state index in [2.05, 4.69) is 0 Å². The summed E-state index contributed by atoms with van der Waals surface area (Å²) >= 11 is 0. The summed E-state index contributed by atoms with van der Waals surface area (Å²) < 4.78 is 9.86. The number of primary amides is 1. The molecule has 0 bridgehead atoms. The first-order valence-electron chi connectivity index (χ1n) is 6.63. The fourth-order valence-electron chi connectivity index (χ4n) is 2.29. The van der Waals surface area contributed by atoms with E-state index in [0.29, 0.717) is 0 Å². The number of ether oxygens (including phenoxy) is 2. The third-order valence-corrected chi connectivity index (χ3v) is 3.27. The minimum atomic E-state index is -1.19. The lowest BCUT2D eigenvalue weighted by atomic mass is 10.2. The quantitative estimate of drug-likeness (QED) is 0.854. The molecule has 0 aliphatic carbocycles. The van der Waals surface area contributed by atoms with Crippen LogP contribution in [-0.4, -0.2) is 46.9 Å². The molecule has 0 radical (unpaired) electrons. The van der Waals surface area contributed by atoms with E-state index in [1.165, 1.54) is 0 Å². The Morgan fingerprint density at radius 3 is 2.55 bits per heavy atom. The van der Waals surface area contributed by atoms with Crippen molar-refractivity contribution in [2.75, 3.05) is 6.54 Å². The van der Waals surface area contributed by atoms with E-state index in [9.17, 15) is 14.4 Å². The number of hydrogen-bond donors (Lipinski definition) is 2. The summed E-state index contributed by atoms with van der Waals surface area (Å²) in [6.07, 6.45) is -2.54. The van der Waals surface area contributed by atoms with Crippen molar-refractivity contribution in [1.82, 2.24) is 4.90 Å². The van der Waals surface area contributed by atoms with Gasteiger partial charge in [0.1, 0.15) is 18.8 Å². The molecule has 22 heavy (non-hydrogen) atoms. The van der Waals surface area contributed by atoms with Crippen molar-refractivity contribution in [3.63, 3.8) is 0 Å². The molecule has 1 fully saturated rings. The number of rotatable bonds is 4. The Bertz CT molecular complexity index is 562. The molecule has 8 nitrogen and oxygen atoms in total. The predicted molar refractivity (Wildman–Crippen MR) is 73.8 cm³/mol. The van der Waals surface area contributed by atoms with Crippen LogP contribution in [0.1, 0.15) is 12.0 Å². The lowest BCUT2D eigenvalue weighted by Gasteiger charge is -2.20. The molecule has 0 saturated carbocycles. The first-order chi connectivity index (χ1) is 10.5. The Morgan fingerprint density at radius 2 is 1.95 bits per heavy atom. The van der Waals surface area contributed by atoms with Crippen molar-refractivity contribution in [2.24, 2.45) is 5.73 Å². The number of nitrogens with two attached hydrogens (primary N) is 1. The molecule has 1 saturated heterocycles. The Hall–Kier alpha value is -2.77. The molecule has 118 valence electrons. The van der Waals surface area contributed by atoms with Gasteiger partial charge in [0.25, 0.3) is 0 Å². The molecule has 8 heteroatoms. The molecular weight excluding hydrogens is 292 g/mol. The summed E-state index contributed by atoms with van der Waals surface area (Å²) in [6, 6.07) is 7.90. The van der Waals surface area contributed by atoms with Crippen LogP contribution in [0, 0.1) is 0 Å². The Labute approximate surface area is 126 Å². The second kappa shape index (κ2) is 6.79. The van der Waals surface area contributed by atoms with Gasteiger partial charge in [-0.1, -0.05) is 30.3 Å². The molecule has 1 aromatic rings. The number of carbonyl (C=O) groups excluding carboxylic acids is 2. The molecule has 2 amide bonds. The number of carbonyl (C=O) groups is 3. The highest BCUT2D eigenvalue weighted by molar-refractivity contribution is 5.81. The maximum Gasteiger partial charge on any atom is 0.410 e. The van der Waals surface area contributed by atoms with Crippen LogP contribution in [0.4, 0.5) is 9.59 Å². The van der Waals surface area contributed by atoms with Gasteiger partial charge < -0.3 is 20.3 Å². The van der Waals surface area contributed by atoms with Gasteiger partial charge in [0.2, 0.25) is 0 Å². The third-order valence-electron chi connectivity index (χ3n) is 3.27. The highest BCUT2D eigenvalue weighted by Gasteiger charge is 2.42. The van der Waals surface area contributed by atoms with Gasteiger partial charge in [-0.05, 0) is 5.56 Å². The van der Waals surface area contributed by atoms with Crippen LogP contribution in [0.5, 0.6) is 0 Å². The maximum absolute atomic E-state index is 12.0. The lowest BCUT2D eigenvalue weighted by molar-refractivity contribution is -0.141. The average molecular weight is 308 g/mol. The van der Waals surface area contributed by atoms with Crippen molar-refractivity contribution < 1.29 is 29.0 Å². The van der Waals surface area contributed by atoms with Gasteiger partial charge in [-0.25, -0.2) is 14.4 Å². The second-order valence-corrected chi connectivity index (χ2v) is 4.84. The number of aliphatic carboxylic acids is 1. The van der Waals surface area contributed by atoms with Gasteiger partial charge >= 0.3 is 18.2 Å². The SMILES string of the molecule is NC(=O)O[C@@H]1C[C@@H](C(=O)O)N(C(=O)OCc2ccccc2)C1. The van der Waals surface area contributed by atoms with Crippen LogP contribution in [0.2, 0.25) is 0 Å². The maximum atomic E-state index is 12.0. The summed E-state index contributed by atoms with van der Waals surface area (Å²) in [5, 5.41) is 9.15. The largest absolute Gasteiger partial charge is 0.480 e. The van der Waals surface area contributed by atoms with Crippen LogP contribution in [0.3, 0.4) is 0 Å². The van der Waals surface area contributed by atoms with Crippen LogP contribution in [-0.2, 0) is 20.9 Å². The Morgan fingerprint density at radius 1 is 1.27 bits per heavy atom. The standard InChI is InChI=1S/C14H16N2O6/c15-13(19)22-10-6-11(12(17)18)16(7-10)14(20)21-8-9-4-2-1-3-5-9/h1-5,10-11H,6-8H2,(H2,15,19)(H,17,18)/t10-,11+/m1/s1. The number of carboxylic acids is 1. The van der Waals surface area contributed by atoms with E-state index in [1.807, 2.05) is 6.07 Å². The predicted octanol–water partition coefficient (Wildman–Crippen LogP) is 0.946. The molecule has 1 aliphatic rings. The van der Waals surface area contributed by atoms with Gasteiger partial charge in [-0.2, -0.15) is 0 Å². The Kier molecular flexibility index (Phi) is 4.82. The van der Waals surface area contributed by atoms with E-state index in [0.717, 1.165) is 10.5 Å². The van der Waals surface area contributed by atoms with E-state index in [-0.39, 0.29) is 19.6 Å². The fourth-order valence-corrected chi connectivity index (χ4v) is 2.29. The summed E-state index contributed by atoms with van der Waals surface area (Å²) in [7, 11) is 0. The van der Waals surface area contributed by atoms with Gasteiger partial charge in [-0.3, -0.25) is 4.90 Å². The first-order valence-corrected chi connectivity index (χ1v) is 6.63. The summed E-state index contributed by atoms with van der Waals surface area (Å²) in [6.45, 7) is -0.0304. The van der Waals surface area contributed by atoms with Crippen molar-refractivity contribution >= 4 is 18.2 Å². The normalized spacial score (nSPS) is 20.5. The van der Waals surface area contributed by atoms with E-state index in [4.69, 9.17) is 20.3 Å². The number of likely N-dealkylation sites (tertiary alicyclic amines) is 1. The molecule has 2 rings (SSSR count). The summed E-state index contributed by atoms with van der Waals surface area (Å²) in [4.78, 5) is 35.0. The molecular formula is C14H16N2O6. The van der Waals surface area contributed by atoms with Crippen LogP contribution >= 0.6 is 0 Å². The van der Waals surface area contributed by atoms with Crippen LogP contribution < -0.4 is 5.73 Å². The summed E-state index contributed by atoms with van der Waals surface area (Å²) in [5.74, 6) is -1.19.